The van der Waals surface area contributed by atoms with Crippen molar-refractivity contribution >= 4 is 69.8 Å². The number of nitrogens with zero attached hydrogens (tertiary/aromatic N) is 6. The molecule has 1 N–H and O–H groups in total. The number of rotatable bonds is 7. The fraction of sp³-hybridized carbons (Fsp3) is 0.278. The van der Waals surface area contributed by atoms with Gasteiger partial charge in [-0.2, -0.15) is 26.3 Å². The molecule has 5 heterocycles. The molecule has 0 saturated carbocycles. The molecule has 0 unspecified atom stereocenters. The van der Waals surface area contributed by atoms with Gasteiger partial charge in [-0.3, -0.25) is 13.6 Å². The lowest BCUT2D eigenvalue weighted by Crippen LogP contribution is -2.33. The summed E-state index contributed by atoms with van der Waals surface area (Å²) in [5.74, 6) is -2.26. The fourth-order valence-electron chi connectivity index (χ4n) is 5.86. The summed E-state index contributed by atoms with van der Waals surface area (Å²) in [4.78, 5) is 39.7. The van der Waals surface area contributed by atoms with Gasteiger partial charge in [0.2, 0.25) is 11.6 Å². The van der Waals surface area contributed by atoms with Gasteiger partial charge in [0.15, 0.2) is 11.4 Å². The van der Waals surface area contributed by atoms with Crippen molar-refractivity contribution in [1.29, 1.82) is 0 Å². The summed E-state index contributed by atoms with van der Waals surface area (Å²) < 4.78 is 93.3. The van der Waals surface area contributed by atoms with Gasteiger partial charge in [0.1, 0.15) is 5.56 Å². The zero-order chi connectivity index (χ0) is 41.2. The molecule has 21 heteroatoms. The third-order valence-corrected chi connectivity index (χ3v) is 9.68. The van der Waals surface area contributed by atoms with Crippen LogP contribution in [0.2, 0.25) is 20.1 Å². The number of nitrogens with one attached hydrogen (secondary N) is 1. The molecule has 11 nitrogen and oxygen atoms in total. The molecule has 0 bridgehead atoms. The zero-order valence-corrected chi connectivity index (χ0v) is 32.2. The van der Waals surface area contributed by atoms with Crippen LogP contribution >= 0.6 is 46.4 Å². The number of carbonyl (C=O) groups excluding carboxylic acids is 2. The Balaban J connectivity index is 0.000000196. The van der Waals surface area contributed by atoms with Gasteiger partial charge in [-0.25, -0.2) is 24.7 Å². The van der Waals surface area contributed by atoms with Crippen LogP contribution in [0.3, 0.4) is 0 Å². The van der Waals surface area contributed by atoms with Crippen LogP contribution in [0.4, 0.5) is 26.3 Å². The standard InChI is InChI=1S/C20H17Cl2F3N4O2.C16H10Cl2F3N3O2/c21-12-1-2-13(15(22)7-12)16-9-27-19-28-17(20(23,24)25)14(10-29(16)19)18(30)26-8-11-3-5-31-6-4-11;1-2-26-14(25)10-7-24-12(9-4-3-8(17)5-11(9)18)6-22-15(24)23-13(10)16(19,20)21/h1-2,7,9-11H,3-6,8H2,(H,26,30);3-7H,2H2,1H3. The maximum Gasteiger partial charge on any atom is 0.434 e. The van der Waals surface area contributed by atoms with E-state index in [9.17, 15) is 35.9 Å². The van der Waals surface area contributed by atoms with E-state index >= 15 is 0 Å². The number of carbonyl (C=O) groups is 2. The van der Waals surface area contributed by atoms with Gasteiger partial charge in [-0.15, -0.1) is 0 Å². The Hall–Kier alpha value is -4.68. The van der Waals surface area contributed by atoms with Crippen LogP contribution in [0.5, 0.6) is 0 Å². The van der Waals surface area contributed by atoms with Crippen LogP contribution in [0.15, 0.2) is 61.2 Å². The molecule has 6 aromatic rings. The third kappa shape index (κ3) is 9.39. The number of imidazole rings is 2. The van der Waals surface area contributed by atoms with Crippen LogP contribution in [0.25, 0.3) is 34.1 Å². The first-order valence-corrected chi connectivity index (χ1v) is 18.3. The molecule has 4 aromatic heterocycles. The van der Waals surface area contributed by atoms with Crippen LogP contribution < -0.4 is 5.32 Å². The quantitative estimate of drug-likeness (QED) is 0.124. The van der Waals surface area contributed by atoms with Crippen molar-refractivity contribution in [3.8, 4) is 22.5 Å². The monoisotopic (exact) mass is 875 g/mol. The number of aromatic nitrogens is 6. The van der Waals surface area contributed by atoms with E-state index in [2.05, 4.69) is 25.3 Å². The Bertz CT molecular complexity index is 2470. The summed E-state index contributed by atoms with van der Waals surface area (Å²) in [6.07, 6.45) is -3.43. The van der Waals surface area contributed by atoms with E-state index in [0.717, 1.165) is 25.2 Å². The van der Waals surface area contributed by atoms with E-state index < -0.39 is 46.7 Å². The molecule has 1 aliphatic rings. The second kappa shape index (κ2) is 17.0. The average Bonchev–Trinajstić information content (AvgIpc) is 3.77. The van der Waals surface area contributed by atoms with E-state index in [1.165, 1.54) is 40.3 Å². The molecule has 0 aliphatic carbocycles. The van der Waals surface area contributed by atoms with Crippen molar-refractivity contribution in [2.75, 3.05) is 26.4 Å². The van der Waals surface area contributed by atoms with Crippen LogP contribution in [-0.4, -0.2) is 67.0 Å². The lowest BCUT2D eigenvalue weighted by molar-refractivity contribution is -0.142. The summed E-state index contributed by atoms with van der Waals surface area (Å²) >= 11 is 24.2. The number of ether oxygens (including phenoxy) is 2. The second-order valence-corrected chi connectivity index (χ2v) is 14.1. The summed E-state index contributed by atoms with van der Waals surface area (Å²) in [6, 6.07) is 9.39. The number of amides is 1. The van der Waals surface area contributed by atoms with Crippen LogP contribution in [-0.2, 0) is 21.8 Å². The minimum absolute atomic E-state index is 0.0754. The largest absolute Gasteiger partial charge is 0.462 e. The summed E-state index contributed by atoms with van der Waals surface area (Å²) in [5, 5.41) is 3.98. The smallest absolute Gasteiger partial charge is 0.434 e. The number of hydrogen-bond donors (Lipinski definition) is 1. The number of benzene rings is 2. The first-order chi connectivity index (χ1) is 27.0. The lowest BCUT2D eigenvalue weighted by atomic mass is 10.0. The van der Waals surface area contributed by atoms with E-state index in [-0.39, 0.29) is 35.6 Å². The molecule has 57 heavy (non-hydrogen) atoms. The Morgan fingerprint density at radius 1 is 0.789 bits per heavy atom. The molecular formula is C36H27Cl4F6N7O4. The highest BCUT2D eigenvalue weighted by Crippen LogP contribution is 2.36. The number of esters is 1. The van der Waals surface area contributed by atoms with E-state index in [0.29, 0.717) is 50.8 Å². The van der Waals surface area contributed by atoms with Gasteiger partial charge in [0.25, 0.3) is 5.91 Å². The topological polar surface area (TPSA) is 125 Å². The Morgan fingerprint density at radius 3 is 1.72 bits per heavy atom. The molecule has 300 valence electrons. The Morgan fingerprint density at radius 2 is 1.26 bits per heavy atom. The Labute approximate surface area is 338 Å². The Kier molecular flexibility index (Phi) is 12.5. The van der Waals surface area contributed by atoms with Gasteiger partial charge in [0, 0.05) is 53.3 Å². The molecule has 0 atom stereocenters. The van der Waals surface area contributed by atoms with Gasteiger partial charge in [-0.05, 0) is 62.1 Å². The summed E-state index contributed by atoms with van der Waals surface area (Å²) in [5.41, 5.74) is -2.24. The zero-order valence-electron chi connectivity index (χ0n) is 29.2. The number of hydrogen-bond acceptors (Lipinski definition) is 8. The SMILES string of the molecule is CCOC(=O)c1cn2c(-c3ccc(Cl)cc3Cl)cnc2nc1C(F)(F)F.O=C(NCC1CCOCC1)c1cn2c(-c3ccc(Cl)cc3Cl)cnc2nc1C(F)(F)F. The first kappa shape index (κ1) is 41.9. The number of alkyl halides is 6. The molecule has 1 aliphatic heterocycles. The number of fused-ring (bicyclic) bond motifs is 2. The van der Waals surface area contributed by atoms with Gasteiger partial charge >= 0.3 is 18.3 Å². The molecule has 0 spiro atoms. The predicted molar refractivity (Wildman–Crippen MR) is 199 cm³/mol. The van der Waals surface area contributed by atoms with Crippen molar-refractivity contribution in [2.45, 2.75) is 32.1 Å². The highest BCUT2D eigenvalue weighted by Gasteiger charge is 2.40. The normalized spacial score (nSPS) is 13.7. The molecule has 1 fully saturated rings. The van der Waals surface area contributed by atoms with Gasteiger partial charge in [0.05, 0.1) is 46.0 Å². The van der Waals surface area contributed by atoms with Crippen molar-refractivity contribution in [3.63, 3.8) is 0 Å². The number of halogens is 10. The van der Waals surface area contributed by atoms with E-state index in [1.807, 2.05) is 0 Å². The van der Waals surface area contributed by atoms with Crippen LogP contribution in [0.1, 0.15) is 51.9 Å². The van der Waals surface area contributed by atoms with Crippen molar-refractivity contribution in [3.05, 3.63) is 104 Å². The highest BCUT2D eigenvalue weighted by atomic mass is 35.5. The molecule has 7 rings (SSSR count). The fourth-order valence-corrected chi connectivity index (χ4v) is 6.87. The molecule has 0 radical (unpaired) electrons. The second-order valence-electron chi connectivity index (χ2n) is 12.4. The van der Waals surface area contributed by atoms with Crippen molar-refractivity contribution < 1.29 is 45.4 Å². The summed E-state index contributed by atoms with van der Waals surface area (Å²) in [7, 11) is 0. The van der Waals surface area contributed by atoms with Crippen LogP contribution in [0, 0.1) is 5.92 Å². The highest BCUT2D eigenvalue weighted by molar-refractivity contribution is 6.37. The van der Waals surface area contributed by atoms with Crippen molar-refractivity contribution in [1.82, 2.24) is 34.1 Å². The summed E-state index contributed by atoms with van der Waals surface area (Å²) in [6.45, 7) is 2.82. The predicted octanol–water partition coefficient (Wildman–Crippen LogP) is 9.78. The maximum absolute atomic E-state index is 13.6. The molecule has 2 aromatic carbocycles. The molecule has 1 amide bonds. The van der Waals surface area contributed by atoms with E-state index in [4.69, 9.17) is 55.9 Å². The van der Waals surface area contributed by atoms with Gasteiger partial charge in [-0.1, -0.05) is 46.4 Å². The van der Waals surface area contributed by atoms with Gasteiger partial charge < -0.3 is 14.8 Å². The lowest BCUT2D eigenvalue weighted by Gasteiger charge is -2.22. The first-order valence-electron chi connectivity index (χ1n) is 16.8. The minimum Gasteiger partial charge on any atom is -0.462 e. The molecular weight excluding hydrogens is 850 g/mol. The maximum atomic E-state index is 13.6. The third-order valence-electron chi connectivity index (χ3n) is 8.59. The van der Waals surface area contributed by atoms with Crippen molar-refractivity contribution in [2.24, 2.45) is 5.92 Å². The minimum atomic E-state index is -4.84. The van der Waals surface area contributed by atoms with E-state index in [1.54, 1.807) is 24.3 Å². The average molecular weight is 877 g/mol. The molecule has 1 saturated heterocycles.